The number of fused-ring (bicyclic) bond motifs is 3. The SMILES string of the molecule is CC[C@H](OC(=O)[C@]12CCC(=O)N1c1ccccc1S2)C(=O)Nc1ccc(F)cc1. The van der Waals surface area contributed by atoms with Crippen LogP contribution in [0.4, 0.5) is 15.8 Å². The van der Waals surface area contributed by atoms with E-state index in [9.17, 15) is 18.8 Å². The van der Waals surface area contributed by atoms with Crippen molar-refractivity contribution in [1.29, 1.82) is 0 Å². The number of ether oxygens (including phenoxy) is 1. The summed E-state index contributed by atoms with van der Waals surface area (Å²) in [4.78, 5) is 39.4. The van der Waals surface area contributed by atoms with E-state index in [0.717, 1.165) is 4.90 Å². The summed E-state index contributed by atoms with van der Waals surface area (Å²) in [6, 6.07) is 12.7. The molecule has 2 aliphatic heterocycles. The molecule has 2 aromatic carbocycles. The third-order valence-corrected chi connectivity index (χ3v) is 6.47. The summed E-state index contributed by atoms with van der Waals surface area (Å²) in [6.07, 6.45) is -0.195. The Labute approximate surface area is 171 Å². The zero-order chi connectivity index (χ0) is 20.6. The zero-order valence-corrected chi connectivity index (χ0v) is 16.5. The van der Waals surface area contributed by atoms with Crippen LogP contribution in [-0.2, 0) is 19.1 Å². The fraction of sp³-hybridized carbons (Fsp3) is 0.286. The van der Waals surface area contributed by atoms with E-state index in [0.29, 0.717) is 17.8 Å². The van der Waals surface area contributed by atoms with Gasteiger partial charge in [0.2, 0.25) is 5.91 Å². The number of hydrogen-bond donors (Lipinski definition) is 1. The van der Waals surface area contributed by atoms with Gasteiger partial charge in [-0.15, -0.1) is 0 Å². The van der Waals surface area contributed by atoms with Crippen molar-refractivity contribution >= 4 is 40.9 Å². The number of nitrogens with zero attached hydrogens (tertiary/aromatic N) is 1. The Balaban J connectivity index is 1.52. The number of amides is 2. The monoisotopic (exact) mass is 414 g/mol. The molecule has 2 amide bonds. The third kappa shape index (κ3) is 3.37. The van der Waals surface area contributed by atoms with Gasteiger partial charge in [-0.3, -0.25) is 14.5 Å². The number of anilines is 2. The molecule has 6 nitrogen and oxygen atoms in total. The lowest BCUT2D eigenvalue weighted by molar-refractivity contribution is -0.156. The van der Waals surface area contributed by atoms with Gasteiger partial charge >= 0.3 is 5.97 Å². The molecule has 0 saturated carbocycles. The summed E-state index contributed by atoms with van der Waals surface area (Å²) in [6.45, 7) is 1.73. The molecule has 29 heavy (non-hydrogen) atoms. The first-order chi connectivity index (χ1) is 13.9. The van der Waals surface area contributed by atoms with Gasteiger partial charge in [0, 0.05) is 23.4 Å². The molecule has 1 fully saturated rings. The number of rotatable bonds is 5. The normalized spacial score (nSPS) is 20.8. The fourth-order valence-electron chi connectivity index (χ4n) is 3.57. The molecule has 0 radical (unpaired) electrons. The van der Waals surface area contributed by atoms with Crippen LogP contribution in [0.3, 0.4) is 0 Å². The number of esters is 1. The van der Waals surface area contributed by atoms with E-state index >= 15 is 0 Å². The average Bonchev–Trinajstić information content (AvgIpc) is 3.23. The Morgan fingerprint density at radius 1 is 1.24 bits per heavy atom. The van der Waals surface area contributed by atoms with Crippen LogP contribution >= 0.6 is 11.8 Å². The molecule has 1 N–H and O–H groups in total. The van der Waals surface area contributed by atoms with Crippen LogP contribution in [0.15, 0.2) is 53.4 Å². The zero-order valence-electron chi connectivity index (χ0n) is 15.7. The highest BCUT2D eigenvalue weighted by atomic mass is 32.2. The maximum atomic E-state index is 13.2. The predicted octanol–water partition coefficient (Wildman–Crippen LogP) is 3.72. The summed E-state index contributed by atoms with van der Waals surface area (Å²) in [5.41, 5.74) is 1.10. The molecular weight excluding hydrogens is 395 g/mol. The van der Waals surface area contributed by atoms with Crippen LogP contribution in [0.25, 0.3) is 0 Å². The highest BCUT2D eigenvalue weighted by molar-refractivity contribution is 8.02. The largest absolute Gasteiger partial charge is 0.450 e. The lowest BCUT2D eigenvalue weighted by atomic mass is 10.2. The number of nitrogens with one attached hydrogen (secondary N) is 1. The van der Waals surface area contributed by atoms with Crippen molar-refractivity contribution in [2.45, 2.75) is 42.1 Å². The van der Waals surface area contributed by atoms with Gasteiger partial charge in [0.05, 0.1) is 5.69 Å². The van der Waals surface area contributed by atoms with Crippen molar-refractivity contribution in [3.8, 4) is 0 Å². The Kier molecular flexibility index (Phi) is 5.04. The number of thioether (sulfide) groups is 1. The summed E-state index contributed by atoms with van der Waals surface area (Å²) >= 11 is 1.29. The van der Waals surface area contributed by atoms with Crippen LogP contribution < -0.4 is 10.2 Å². The highest BCUT2D eigenvalue weighted by Gasteiger charge is 2.59. The summed E-state index contributed by atoms with van der Waals surface area (Å²) in [5, 5.41) is 2.63. The van der Waals surface area contributed by atoms with Gasteiger partial charge in [0.15, 0.2) is 11.0 Å². The smallest absolute Gasteiger partial charge is 0.344 e. The van der Waals surface area contributed by atoms with Crippen molar-refractivity contribution in [1.82, 2.24) is 0 Å². The molecule has 0 bridgehead atoms. The van der Waals surface area contributed by atoms with Gasteiger partial charge < -0.3 is 10.1 Å². The maximum absolute atomic E-state index is 13.2. The number of halogens is 1. The maximum Gasteiger partial charge on any atom is 0.344 e. The molecule has 0 aliphatic carbocycles. The molecule has 8 heteroatoms. The lowest BCUT2D eigenvalue weighted by Crippen LogP contribution is -2.49. The highest BCUT2D eigenvalue weighted by Crippen LogP contribution is 2.56. The van der Waals surface area contributed by atoms with Gasteiger partial charge in [-0.05, 0) is 42.8 Å². The van der Waals surface area contributed by atoms with Crippen molar-refractivity contribution in [2.24, 2.45) is 0 Å². The van der Waals surface area contributed by atoms with Crippen LogP contribution in [0.5, 0.6) is 0 Å². The van der Waals surface area contributed by atoms with E-state index < -0.39 is 28.7 Å². The summed E-state index contributed by atoms with van der Waals surface area (Å²) in [7, 11) is 0. The predicted molar refractivity (Wildman–Crippen MR) is 107 cm³/mol. The van der Waals surface area contributed by atoms with E-state index in [1.165, 1.54) is 40.9 Å². The molecule has 2 heterocycles. The number of benzene rings is 2. The first-order valence-corrected chi connectivity index (χ1v) is 10.1. The second-order valence-electron chi connectivity index (χ2n) is 6.88. The topological polar surface area (TPSA) is 75.7 Å². The van der Waals surface area contributed by atoms with E-state index in [4.69, 9.17) is 4.74 Å². The standard InChI is InChI=1S/C21H19FN2O4S/c1-2-16(19(26)23-14-9-7-13(22)8-10-14)28-20(27)21-12-11-18(25)24(21)15-5-3-4-6-17(15)29-21/h3-10,16H,2,11-12H2,1H3,(H,23,26)/t16-,21+/m0/s1. The molecule has 1 saturated heterocycles. The van der Waals surface area contributed by atoms with Gasteiger partial charge in [-0.2, -0.15) is 0 Å². The van der Waals surface area contributed by atoms with Gasteiger partial charge in [-0.25, -0.2) is 9.18 Å². The number of para-hydroxylation sites is 1. The minimum Gasteiger partial charge on any atom is -0.450 e. The molecule has 4 rings (SSSR count). The molecule has 2 atom stereocenters. The van der Waals surface area contributed by atoms with Crippen LogP contribution in [0.1, 0.15) is 26.2 Å². The molecule has 0 aromatic heterocycles. The number of carbonyl (C=O) groups is 3. The van der Waals surface area contributed by atoms with E-state index in [1.54, 1.807) is 13.0 Å². The average molecular weight is 414 g/mol. The third-order valence-electron chi connectivity index (χ3n) is 5.02. The Bertz CT molecular complexity index is 981. The molecular formula is C21H19FN2O4S. The molecule has 2 aromatic rings. The summed E-state index contributed by atoms with van der Waals surface area (Å²) < 4.78 is 18.6. The Morgan fingerprint density at radius 2 is 1.97 bits per heavy atom. The van der Waals surface area contributed by atoms with Gasteiger partial charge in [0.25, 0.3) is 5.91 Å². The van der Waals surface area contributed by atoms with E-state index in [1.807, 2.05) is 18.2 Å². The molecule has 0 unspecified atom stereocenters. The second kappa shape index (κ2) is 7.51. The van der Waals surface area contributed by atoms with E-state index in [2.05, 4.69) is 5.32 Å². The summed E-state index contributed by atoms with van der Waals surface area (Å²) in [5.74, 6) is -1.65. The van der Waals surface area contributed by atoms with Crippen LogP contribution in [-0.4, -0.2) is 28.8 Å². The van der Waals surface area contributed by atoms with Crippen molar-refractivity contribution in [2.75, 3.05) is 10.2 Å². The van der Waals surface area contributed by atoms with Crippen molar-refractivity contribution < 1.29 is 23.5 Å². The van der Waals surface area contributed by atoms with Crippen LogP contribution in [0.2, 0.25) is 0 Å². The van der Waals surface area contributed by atoms with Crippen molar-refractivity contribution in [3.05, 3.63) is 54.3 Å². The van der Waals surface area contributed by atoms with Crippen LogP contribution in [0, 0.1) is 5.82 Å². The first-order valence-electron chi connectivity index (χ1n) is 9.33. The quantitative estimate of drug-likeness (QED) is 0.755. The number of hydrogen-bond acceptors (Lipinski definition) is 5. The van der Waals surface area contributed by atoms with Crippen molar-refractivity contribution in [3.63, 3.8) is 0 Å². The molecule has 2 aliphatic rings. The fourth-order valence-corrected chi connectivity index (χ4v) is 4.97. The Hall–Kier alpha value is -2.87. The second-order valence-corrected chi connectivity index (χ2v) is 8.20. The minimum atomic E-state index is -1.18. The Morgan fingerprint density at radius 3 is 2.69 bits per heavy atom. The number of carbonyl (C=O) groups excluding carboxylic acids is 3. The van der Waals surface area contributed by atoms with E-state index in [-0.39, 0.29) is 18.7 Å². The van der Waals surface area contributed by atoms with Gasteiger partial charge in [0.1, 0.15) is 5.82 Å². The molecule has 150 valence electrons. The lowest BCUT2D eigenvalue weighted by Gasteiger charge is -2.30. The first kappa shape index (κ1) is 19.4. The minimum absolute atomic E-state index is 0.136. The molecule has 0 spiro atoms. The van der Waals surface area contributed by atoms with Gasteiger partial charge in [-0.1, -0.05) is 30.8 Å².